The Balaban J connectivity index is 1.79. The first kappa shape index (κ1) is 22.1. The van der Waals surface area contributed by atoms with Crippen LogP contribution in [-0.4, -0.2) is 41.2 Å². The van der Waals surface area contributed by atoms with Crippen molar-refractivity contribution in [2.24, 2.45) is 0 Å². The van der Waals surface area contributed by atoms with Gasteiger partial charge < -0.3 is 18.5 Å². The lowest BCUT2D eigenvalue weighted by atomic mass is 10.1. The zero-order chi connectivity index (χ0) is 22.7. The molecular weight excluding hydrogens is 398 g/mol. The summed E-state index contributed by atoms with van der Waals surface area (Å²) in [5, 5.41) is 9.57. The number of aryl methyl sites for hydroxylation is 2. The number of carbonyl (C=O) groups excluding carboxylic acids is 2. The quantitative estimate of drug-likeness (QED) is 0.402. The Kier molecular flexibility index (Phi) is 6.47. The second kappa shape index (κ2) is 9.06. The Morgan fingerprint density at radius 2 is 1.90 bits per heavy atom. The molecule has 0 radical (unpaired) electrons. The minimum absolute atomic E-state index is 0.0261. The third kappa shape index (κ3) is 4.18. The van der Waals surface area contributed by atoms with E-state index in [9.17, 15) is 14.9 Å². The van der Waals surface area contributed by atoms with Crippen LogP contribution in [0.1, 0.15) is 56.4 Å². The third-order valence-electron chi connectivity index (χ3n) is 5.19. The van der Waals surface area contributed by atoms with Gasteiger partial charge in [0.25, 0.3) is 0 Å². The number of hydrogen-bond acceptors (Lipinski definition) is 6. The minimum atomic E-state index is -0.772. The predicted octanol–water partition coefficient (Wildman–Crippen LogP) is 3.92. The number of esters is 1. The molecule has 0 N–H and O–H groups in total. The van der Waals surface area contributed by atoms with Gasteiger partial charge >= 0.3 is 5.97 Å². The summed E-state index contributed by atoms with van der Waals surface area (Å²) in [6.45, 7) is 7.43. The third-order valence-corrected chi connectivity index (χ3v) is 5.19. The van der Waals surface area contributed by atoms with Gasteiger partial charge in [-0.2, -0.15) is 5.26 Å². The monoisotopic (exact) mass is 423 g/mol. The SMILES string of the molecule is COC[C@H](C)n1c(C)cc(C(=O)COC(=O)c2c(C)oc(-n3cccc3)c2C#N)c1C. The molecule has 3 aromatic rings. The summed E-state index contributed by atoms with van der Waals surface area (Å²) in [6.07, 6.45) is 3.41. The van der Waals surface area contributed by atoms with Crippen molar-refractivity contribution in [2.45, 2.75) is 33.7 Å². The van der Waals surface area contributed by atoms with Gasteiger partial charge in [-0.25, -0.2) is 4.79 Å². The lowest BCUT2D eigenvalue weighted by Crippen LogP contribution is -2.17. The van der Waals surface area contributed by atoms with Crippen LogP contribution < -0.4 is 0 Å². The number of ether oxygens (including phenoxy) is 2. The Hall–Kier alpha value is -3.57. The van der Waals surface area contributed by atoms with Gasteiger partial charge in [-0.05, 0) is 45.9 Å². The molecule has 0 fully saturated rings. The number of aromatic nitrogens is 2. The van der Waals surface area contributed by atoms with Gasteiger partial charge in [0.1, 0.15) is 23.0 Å². The largest absolute Gasteiger partial charge is 0.454 e. The first-order valence-corrected chi connectivity index (χ1v) is 9.84. The van der Waals surface area contributed by atoms with E-state index in [0.717, 1.165) is 11.4 Å². The lowest BCUT2D eigenvalue weighted by Gasteiger charge is -2.17. The van der Waals surface area contributed by atoms with Crippen molar-refractivity contribution < 1.29 is 23.5 Å². The zero-order valence-corrected chi connectivity index (χ0v) is 18.3. The van der Waals surface area contributed by atoms with Crippen molar-refractivity contribution in [3.05, 3.63) is 64.4 Å². The highest BCUT2D eigenvalue weighted by molar-refractivity contribution is 6.01. The standard InChI is InChI=1S/C23H25N3O5/c1-14-10-18(16(3)26(14)15(2)12-29-5)20(27)13-30-23(28)21-17(4)31-22(19(21)11-24)25-8-6-7-9-25/h6-10,15H,12-13H2,1-5H3/t15-/m0/s1. The summed E-state index contributed by atoms with van der Waals surface area (Å²) in [6, 6.07) is 7.40. The highest BCUT2D eigenvalue weighted by Gasteiger charge is 2.27. The molecule has 1 atom stereocenters. The van der Waals surface area contributed by atoms with Gasteiger partial charge in [0.05, 0.1) is 12.6 Å². The number of hydrogen-bond donors (Lipinski definition) is 0. The molecule has 0 amide bonds. The maximum Gasteiger partial charge on any atom is 0.343 e. The fourth-order valence-corrected chi connectivity index (χ4v) is 3.87. The molecule has 0 unspecified atom stereocenters. The van der Waals surface area contributed by atoms with Crippen molar-refractivity contribution in [1.29, 1.82) is 5.26 Å². The molecule has 3 rings (SSSR count). The molecule has 162 valence electrons. The minimum Gasteiger partial charge on any atom is -0.454 e. The first-order chi connectivity index (χ1) is 14.8. The van der Waals surface area contributed by atoms with Gasteiger partial charge in [-0.3, -0.25) is 9.36 Å². The number of nitriles is 1. The number of rotatable bonds is 8. The first-order valence-electron chi connectivity index (χ1n) is 9.84. The normalized spacial score (nSPS) is 11.9. The number of ketones is 1. The van der Waals surface area contributed by atoms with Crippen LogP contribution in [0.2, 0.25) is 0 Å². The second-order valence-electron chi connectivity index (χ2n) is 7.37. The summed E-state index contributed by atoms with van der Waals surface area (Å²) in [5.41, 5.74) is 2.29. The summed E-state index contributed by atoms with van der Waals surface area (Å²) in [5.74, 6) is -0.600. The maximum absolute atomic E-state index is 12.8. The van der Waals surface area contributed by atoms with Crippen LogP contribution >= 0.6 is 0 Å². The van der Waals surface area contributed by atoms with Crippen molar-refractivity contribution >= 4 is 11.8 Å². The number of methoxy groups -OCH3 is 1. The molecule has 0 aliphatic rings. The van der Waals surface area contributed by atoms with Gasteiger partial charge in [-0.1, -0.05) is 0 Å². The lowest BCUT2D eigenvalue weighted by molar-refractivity contribution is 0.0472. The van der Waals surface area contributed by atoms with E-state index < -0.39 is 12.6 Å². The van der Waals surface area contributed by atoms with Crippen molar-refractivity contribution in [2.75, 3.05) is 20.3 Å². The molecule has 3 aromatic heterocycles. The van der Waals surface area contributed by atoms with Crippen molar-refractivity contribution in [1.82, 2.24) is 9.13 Å². The summed E-state index contributed by atoms with van der Waals surface area (Å²) in [4.78, 5) is 25.5. The van der Waals surface area contributed by atoms with Crippen LogP contribution in [0.15, 0.2) is 35.0 Å². The molecular formula is C23H25N3O5. The molecule has 0 saturated carbocycles. The topological polar surface area (TPSA) is 99.4 Å². The van der Waals surface area contributed by atoms with E-state index in [1.54, 1.807) is 49.2 Å². The fourth-order valence-electron chi connectivity index (χ4n) is 3.87. The Bertz CT molecular complexity index is 1150. The van der Waals surface area contributed by atoms with Crippen LogP contribution in [0.25, 0.3) is 5.88 Å². The number of nitrogens with zero attached hydrogens (tertiary/aromatic N) is 3. The van der Waals surface area contributed by atoms with E-state index in [0.29, 0.717) is 12.2 Å². The number of furan rings is 1. The summed E-state index contributed by atoms with van der Waals surface area (Å²) < 4.78 is 19.7. The summed E-state index contributed by atoms with van der Waals surface area (Å²) in [7, 11) is 1.63. The van der Waals surface area contributed by atoms with Crippen LogP contribution in [0.4, 0.5) is 0 Å². The van der Waals surface area contributed by atoms with Crippen molar-refractivity contribution in [3.8, 4) is 12.0 Å². The van der Waals surface area contributed by atoms with E-state index in [-0.39, 0.29) is 34.6 Å². The molecule has 0 aliphatic carbocycles. The van der Waals surface area contributed by atoms with E-state index in [1.165, 1.54) is 0 Å². The number of Topliss-reactive ketones (excluding diaryl/α,β-unsaturated/α-hetero) is 1. The molecule has 0 aromatic carbocycles. The molecule has 8 heteroatoms. The van der Waals surface area contributed by atoms with Gasteiger partial charge in [0.2, 0.25) is 11.7 Å². The maximum atomic E-state index is 12.8. The molecule has 0 spiro atoms. The second-order valence-corrected chi connectivity index (χ2v) is 7.37. The molecule has 0 aliphatic heterocycles. The van der Waals surface area contributed by atoms with Crippen LogP contribution in [0.3, 0.4) is 0 Å². The Morgan fingerprint density at radius 3 is 2.52 bits per heavy atom. The molecule has 0 bridgehead atoms. The van der Waals surface area contributed by atoms with Gasteiger partial charge in [-0.15, -0.1) is 0 Å². The van der Waals surface area contributed by atoms with E-state index in [4.69, 9.17) is 13.9 Å². The predicted molar refractivity (Wildman–Crippen MR) is 113 cm³/mol. The average molecular weight is 423 g/mol. The van der Waals surface area contributed by atoms with Crippen LogP contribution in [0, 0.1) is 32.1 Å². The van der Waals surface area contributed by atoms with Gasteiger partial charge in [0, 0.05) is 36.5 Å². The average Bonchev–Trinajstić information content (AvgIpc) is 3.43. The highest BCUT2D eigenvalue weighted by atomic mass is 16.5. The molecule has 0 saturated heterocycles. The zero-order valence-electron chi connectivity index (χ0n) is 18.3. The van der Waals surface area contributed by atoms with Gasteiger partial charge in [0.15, 0.2) is 6.61 Å². The van der Waals surface area contributed by atoms with E-state index >= 15 is 0 Å². The smallest absolute Gasteiger partial charge is 0.343 e. The Labute approximate surface area is 180 Å². The fraction of sp³-hybridized carbons (Fsp3) is 0.348. The van der Waals surface area contributed by atoms with E-state index in [1.807, 2.05) is 31.4 Å². The summed E-state index contributed by atoms with van der Waals surface area (Å²) >= 11 is 0. The van der Waals surface area contributed by atoms with Crippen molar-refractivity contribution in [3.63, 3.8) is 0 Å². The Morgan fingerprint density at radius 1 is 1.23 bits per heavy atom. The van der Waals surface area contributed by atoms with Crippen LogP contribution in [0.5, 0.6) is 0 Å². The van der Waals surface area contributed by atoms with E-state index in [2.05, 4.69) is 0 Å². The van der Waals surface area contributed by atoms with Crippen LogP contribution in [-0.2, 0) is 9.47 Å². The molecule has 3 heterocycles. The molecule has 31 heavy (non-hydrogen) atoms. The number of carbonyl (C=O) groups is 2. The highest BCUT2D eigenvalue weighted by Crippen LogP contribution is 2.26. The molecule has 8 nitrogen and oxygen atoms in total.